The third-order valence-electron chi connectivity index (χ3n) is 5.98. The Labute approximate surface area is 195 Å². The molecule has 2 aliphatic rings. The van der Waals surface area contributed by atoms with Crippen LogP contribution in [-0.2, 0) is 21.2 Å². The average molecular weight is 489 g/mol. The third kappa shape index (κ3) is 4.27. The van der Waals surface area contributed by atoms with Crippen LogP contribution in [0.3, 0.4) is 0 Å². The number of nitrogens with one attached hydrogen (secondary N) is 1. The predicted octanol–water partition coefficient (Wildman–Crippen LogP) is 4.05. The summed E-state index contributed by atoms with van der Waals surface area (Å²) in [5.41, 5.74) is 1.68. The fourth-order valence-electron chi connectivity index (χ4n) is 4.32. The number of sulfonamides is 1. The lowest BCUT2D eigenvalue weighted by atomic mass is 9.97. The minimum atomic E-state index is -3.65. The van der Waals surface area contributed by atoms with E-state index in [9.17, 15) is 13.2 Å². The summed E-state index contributed by atoms with van der Waals surface area (Å²) in [7, 11) is -3.65. The summed E-state index contributed by atoms with van der Waals surface area (Å²) in [5, 5.41) is 4.12. The van der Waals surface area contributed by atoms with Gasteiger partial charge in [-0.15, -0.1) is 22.7 Å². The zero-order chi connectivity index (χ0) is 22.1. The van der Waals surface area contributed by atoms with Crippen LogP contribution in [0.4, 0.5) is 0 Å². The zero-order valence-corrected chi connectivity index (χ0v) is 19.8. The summed E-state index contributed by atoms with van der Waals surface area (Å²) in [6, 6.07) is 12.3. The van der Waals surface area contributed by atoms with E-state index in [0.29, 0.717) is 18.7 Å². The second-order valence-electron chi connectivity index (χ2n) is 7.98. The number of hydrogen-bond donors (Lipinski definition) is 1. The molecule has 1 saturated heterocycles. The van der Waals surface area contributed by atoms with Crippen LogP contribution >= 0.6 is 22.7 Å². The van der Waals surface area contributed by atoms with Gasteiger partial charge in [0.25, 0.3) is 5.91 Å². The van der Waals surface area contributed by atoms with Gasteiger partial charge in [-0.25, -0.2) is 13.1 Å². The first-order valence-corrected chi connectivity index (χ1v) is 13.9. The minimum Gasteiger partial charge on any atom is -0.377 e. The molecule has 5 rings (SSSR count). The summed E-state index contributed by atoms with van der Waals surface area (Å²) < 4.78 is 33.4. The van der Waals surface area contributed by atoms with Gasteiger partial charge in [0.1, 0.15) is 0 Å². The van der Waals surface area contributed by atoms with Gasteiger partial charge in [0.15, 0.2) is 0 Å². The summed E-state index contributed by atoms with van der Waals surface area (Å²) in [4.78, 5) is 18.0. The van der Waals surface area contributed by atoms with E-state index in [1.807, 2.05) is 16.3 Å². The number of ether oxygens (including phenoxy) is 1. The van der Waals surface area contributed by atoms with Gasteiger partial charge in [-0.05, 0) is 72.0 Å². The molecule has 0 spiro atoms. The Kier molecular flexibility index (Phi) is 6.18. The highest BCUT2D eigenvalue weighted by atomic mass is 32.2. The monoisotopic (exact) mass is 488 g/mol. The van der Waals surface area contributed by atoms with Crippen molar-refractivity contribution in [3.8, 4) is 0 Å². The Hall–Kier alpha value is -2.04. The van der Waals surface area contributed by atoms with Crippen molar-refractivity contribution in [2.75, 3.05) is 19.7 Å². The molecule has 0 saturated carbocycles. The SMILES string of the molecule is O=C(c1ccc(S(=O)(=O)NC[C@H]2CCCO2)cc1)N1CCc2sccc2[C@@H]1c1cccs1. The maximum atomic E-state index is 13.5. The van der Waals surface area contributed by atoms with Gasteiger partial charge in [0.05, 0.1) is 17.0 Å². The van der Waals surface area contributed by atoms with Crippen LogP contribution in [0.1, 0.15) is 44.6 Å². The van der Waals surface area contributed by atoms with Gasteiger partial charge in [-0.2, -0.15) is 0 Å². The summed E-state index contributed by atoms with van der Waals surface area (Å²) in [6.07, 6.45) is 2.59. The van der Waals surface area contributed by atoms with E-state index in [-0.39, 0.29) is 29.5 Å². The van der Waals surface area contributed by atoms with E-state index >= 15 is 0 Å². The van der Waals surface area contributed by atoms with Crippen LogP contribution in [0, 0.1) is 0 Å². The molecule has 0 bridgehead atoms. The van der Waals surface area contributed by atoms with E-state index in [2.05, 4.69) is 22.2 Å². The van der Waals surface area contributed by atoms with Crippen molar-refractivity contribution in [1.29, 1.82) is 0 Å². The number of benzene rings is 1. The van der Waals surface area contributed by atoms with Gasteiger partial charge >= 0.3 is 0 Å². The highest BCUT2D eigenvalue weighted by Crippen LogP contribution is 2.40. The van der Waals surface area contributed by atoms with Gasteiger partial charge in [0.2, 0.25) is 10.0 Å². The molecule has 1 amide bonds. The second-order valence-corrected chi connectivity index (χ2v) is 11.7. The lowest BCUT2D eigenvalue weighted by molar-refractivity contribution is 0.0698. The molecule has 6 nitrogen and oxygen atoms in total. The molecule has 2 aromatic heterocycles. The largest absolute Gasteiger partial charge is 0.377 e. The Morgan fingerprint density at radius 1 is 1.12 bits per heavy atom. The van der Waals surface area contributed by atoms with Gasteiger partial charge in [0, 0.05) is 35.0 Å². The zero-order valence-electron chi connectivity index (χ0n) is 17.4. The molecule has 0 unspecified atom stereocenters. The van der Waals surface area contributed by atoms with E-state index in [4.69, 9.17) is 4.74 Å². The van der Waals surface area contributed by atoms with Gasteiger partial charge in [-0.1, -0.05) is 6.07 Å². The third-order valence-corrected chi connectivity index (χ3v) is 9.34. The normalized spacial score (nSPS) is 20.9. The lowest BCUT2D eigenvalue weighted by Gasteiger charge is -2.35. The standard InChI is InChI=1S/C23H24N2O4S3/c26-23(25-11-9-20-19(10-14-31-20)22(25)21-4-2-13-30-21)16-5-7-18(8-6-16)32(27,28)24-15-17-3-1-12-29-17/h2,4-8,10,13-14,17,22,24H,1,3,9,11-12,15H2/t17-,22-/m1/s1. The lowest BCUT2D eigenvalue weighted by Crippen LogP contribution is -2.39. The molecule has 168 valence electrons. The van der Waals surface area contributed by atoms with Gasteiger partial charge in [-0.3, -0.25) is 4.79 Å². The molecule has 4 heterocycles. The highest BCUT2D eigenvalue weighted by molar-refractivity contribution is 7.89. The van der Waals surface area contributed by atoms with Crippen molar-refractivity contribution in [2.24, 2.45) is 0 Å². The smallest absolute Gasteiger partial charge is 0.254 e. The Morgan fingerprint density at radius 2 is 1.97 bits per heavy atom. The number of amides is 1. The van der Waals surface area contributed by atoms with Crippen LogP contribution in [0.5, 0.6) is 0 Å². The van der Waals surface area contributed by atoms with Crippen molar-refractivity contribution in [3.05, 3.63) is 74.1 Å². The first-order chi connectivity index (χ1) is 15.5. The van der Waals surface area contributed by atoms with Crippen molar-refractivity contribution in [1.82, 2.24) is 9.62 Å². The fourth-order valence-corrected chi connectivity index (χ4v) is 7.15. The molecule has 0 aliphatic carbocycles. The summed E-state index contributed by atoms with van der Waals surface area (Å²) in [5.74, 6) is -0.0866. The van der Waals surface area contributed by atoms with Crippen LogP contribution in [-0.4, -0.2) is 45.0 Å². The summed E-state index contributed by atoms with van der Waals surface area (Å²) >= 11 is 3.39. The quantitative estimate of drug-likeness (QED) is 0.568. The first-order valence-electron chi connectivity index (χ1n) is 10.6. The number of nitrogens with zero attached hydrogens (tertiary/aromatic N) is 1. The molecule has 32 heavy (non-hydrogen) atoms. The Balaban J connectivity index is 1.35. The molecule has 2 atom stereocenters. The van der Waals surface area contributed by atoms with E-state index < -0.39 is 10.0 Å². The Morgan fingerprint density at radius 3 is 2.69 bits per heavy atom. The van der Waals surface area contributed by atoms with E-state index in [0.717, 1.165) is 24.1 Å². The maximum absolute atomic E-state index is 13.5. The molecule has 1 N–H and O–H groups in total. The number of fused-ring (bicyclic) bond motifs is 1. The molecule has 1 fully saturated rings. The van der Waals surface area contributed by atoms with Crippen LogP contribution in [0.15, 0.2) is 58.1 Å². The molecule has 3 aromatic rings. The fraction of sp³-hybridized carbons (Fsp3) is 0.348. The number of rotatable bonds is 6. The number of carbonyl (C=O) groups is 1. The molecular weight excluding hydrogens is 464 g/mol. The molecular formula is C23H24N2O4S3. The number of thiophene rings is 2. The first kappa shape index (κ1) is 21.8. The molecule has 2 aliphatic heterocycles. The van der Waals surface area contributed by atoms with Crippen molar-refractivity contribution < 1.29 is 17.9 Å². The predicted molar refractivity (Wildman–Crippen MR) is 126 cm³/mol. The molecule has 0 radical (unpaired) electrons. The van der Waals surface area contributed by atoms with Gasteiger partial charge < -0.3 is 9.64 Å². The minimum absolute atomic E-state index is 0.0686. The summed E-state index contributed by atoms with van der Waals surface area (Å²) in [6.45, 7) is 1.58. The average Bonchev–Trinajstić information content (AvgIpc) is 3.59. The second kappa shape index (κ2) is 9.07. The van der Waals surface area contributed by atoms with Crippen LogP contribution in [0.2, 0.25) is 0 Å². The van der Waals surface area contributed by atoms with Crippen molar-refractivity contribution in [3.63, 3.8) is 0 Å². The topological polar surface area (TPSA) is 75.7 Å². The van der Waals surface area contributed by atoms with Crippen molar-refractivity contribution >= 4 is 38.6 Å². The molecule has 9 heteroatoms. The van der Waals surface area contributed by atoms with Crippen LogP contribution in [0.25, 0.3) is 0 Å². The number of hydrogen-bond acceptors (Lipinski definition) is 6. The van der Waals surface area contributed by atoms with Crippen LogP contribution < -0.4 is 4.72 Å². The molecule has 1 aromatic carbocycles. The highest BCUT2D eigenvalue weighted by Gasteiger charge is 2.34. The van der Waals surface area contributed by atoms with E-state index in [1.54, 1.807) is 34.8 Å². The number of carbonyl (C=O) groups excluding carboxylic acids is 1. The Bertz CT molecular complexity index is 1180. The van der Waals surface area contributed by atoms with Crippen molar-refractivity contribution in [2.45, 2.75) is 36.3 Å². The van der Waals surface area contributed by atoms with E-state index in [1.165, 1.54) is 22.6 Å². The maximum Gasteiger partial charge on any atom is 0.254 e.